The van der Waals surface area contributed by atoms with E-state index in [1.54, 1.807) is 36.7 Å². The molecular formula is C23H16Cl2N4O. The number of halogens is 2. The summed E-state index contributed by atoms with van der Waals surface area (Å²) in [5.74, 6) is 0.609. The zero-order valence-electron chi connectivity index (χ0n) is 15.7. The largest absolute Gasteiger partial charge is 0.505 e. The zero-order valence-corrected chi connectivity index (χ0v) is 17.2. The van der Waals surface area contributed by atoms with E-state index >= 15 is 0 Å². The number of hydrogen-bond donors (Lipinski definition) is 2. The molecule has 2 N–H and O–H groups in total. The Hall–Kier alpha value is -3.33. The van der Waals surface area contributed by atoms with Gasteiger partial charge >= 0.3 is 0 Å². The Morgan fingerprint density at radius 3 is 2.60 bits per heavy atom. The Bertz CT molecular complexity index is 1260. The summed E-state index contributed by atoms with van der Waals surface area (Å²) in [4.78, 5) is 8.68. The number of nitrogens with one attached hydrogen (secondary N) is 1. The van der Waals surface area contributed by atoms with Crippen LogP contribution in [0.2, 0.25) is 10.0 Å². The molecule has 4 rings (SSSR count). The number of aromatic hydroxyl groups is 1. The quantitative estimate of drug-likeness (QED) is 0.407. The summed E-state index contributed by atoms with van der Waals surface area (Å²) < 4.78 is 0. The van der Waals surface area contributed by atoms with Crippen LogP contribution in [-0.2, 0) is 6.42 Å². The van der Waals surface area contributed by atoms with Crippen LogP contribution in [0, 0.1) is 11.3 Å². The number of hydrogen-bond acceptors (Lipinski definition) is 5. The zero-order chi connectivity index (χ0) is 21.1. The molecule has 2 heterocycles. The van der Waals surface area contributed by atoms with Crippen LogP contribution >= 0.6 is 23.2 Å². The Morgan fingerprint density at radius 1 is 1.00 bits per heavy atom. The number of pyridine rings is 2. The number of fused-ring (bicyclic) bond motifs is 1. The van der Waals surface area contributed by atoms with Gasteiger partial charge in [0.05, 0.1) is 28.6 Å². The maximum absolute atomic E-state index is 11.1. The molecule has 0 spiro atoms. The van der Waals surface area contributed by atoms with E-state index in [0.29, 0.717) is 32.5 Å². The molecule has 7 heteroatoms. The molecule has 0 saturated carbocycles. The number of aromatic nitrogens is 2. The first-order valence-corrected chi connectivity index (χ1v) is 9.93. The smallest absolute Gasteiger partial charge is 0.147 e. The van der Waals surface area contributed by atoms with E-state index in [2.05, 4.69) is 21.4 Å². The minimum Gasteiger partial charge on any atom is -0.505 e. The average Bonchev–Trinajstić information content (AvgIpc) is 2.77. The van der Waals surface area contributed by atoms with Crippen LogP contribution in [0.15, 0.2) is 67.0 Å². The summed E-state index contributed by atoms with van der Waals surface area (Å²) in [7, 11) is 0. The maximum Gasteiger partial charge on any atom is 0.147 e. The van der Waals surface area contributed by atoms with Gasteiger partial charge in [-0.3, -0.25) is 4.98 Å². The highest BCUT2D eigenvalue weighted by molar-refractivity contribution is 6.42. The maximum atomic E-state index is 11.1. The minimum atomic E-state index is -0.574. The summed E-state index contributed by atoms with van der Waals surface area (Å²) >= 11 is 12.8. The lowest BCUT2D eigenvalue weighted by Gasteiger charge is -2.24. The van der Waals surface area contributed by atoms with E-state index in [1.165, 1.54) is 0 Å². The standard InChI is InChI=1S/C23H16Cl2N4O/c24-18-7-3-5-16(20(18)25)21(29-19-8-1-2-11-27-19)17-13-14(9-10-26)15-6-4-12-28-22(15)23(17)30/h1-8,11-13,21,30H,9H2,(H,27,29). The number of nitrogens with zero attached hydrogens (tertiary/aromatic N) is 3. The molecule has 0 aliphatic carbocycles. The predicted octanol–water partition coefficient (Wildman–Crippen LogP) is 5.91. The van der Waals surface area contributed by atoms with Crippen LogP contribution in [0.25, 0.3) is 10.9 Å². The molecule has 0 fully saturated rings. The lowest BCUT2D eigenvalue weighted by atomic mass is 9.92. The number of nitriles is 1. The number of phenols is 1. The highest BCUT2D eigenvalue weighted by atomic mass is 35.5. The van der Waals surface area contributed by atoms with Gasteiger partial charge in [-0.25, -0.2) is 4.98 Å². The fraction of sp³-hybridized carbons (Fsp3) is 0.0870. The van der Waals surface area contributed by atoms with Gasteiger partial charge in [-0.1, -0.05) is 47.5 Å². The first-order chi connectivity index (χ1) is 14.6. The van der Waals surface area contributed by atoms with Crippen molar-refractivity contribution in [3.63, 3.8) is 0 Å². The van der Waals surface area contributed by atoms with Crippen molar-refractivity contribution in [2.45, 2.75) is 12.5 Å². The number of phenolic OH excluding ortho intramolecular Hbond substituents is 1. The first-order valence-electron chi connectivity index (χ1n) is 9.18. The Morgan fingerprint density at radius 2 is 1.83 bits per heavy atom. The summed E-state index contributed by atoms with van der Waals surface area (Å²) in [6, 6.07) is 17.9. The topological polar surface area (TPSA) is 81.8 Å². The summed E-state index contributed by atoms with van der Waals surface area (Å²) in [6.07, 6.45) is 3.45. The van der Waals surface area contributed by atoms with E-state index in [0.717, 1.165) is 10.9 Å². The van der Waals surface area contributed by atoms with Crippen LogP contribution in [0.1, 0.15) is 22.7 Å². The Kier molecular flexibility index (Phi) is 5.71. The van der Waals surface area contributed by atoms with Crippen LogP contribution < -0.4 is 5.32 Å². The molecule has 0 aliphatic rings. The molecule has 148 valence electrons. The molecule has 2 aromatic heterocycles. The highest BCUT2D eigenvalue weighted by Crippen LogP contribution is 2.41. The van der Waals surface area contributed by atoms with Gasteiger partial charge in [-0.2, -0.15) is 5.26 Å². The van der Waals surface area contributed by atoms with Gasteiger partial charge in [0.25, 0.3) is 0 Å². The number of anilines is 1. The second kappa shape index (κ2) is 8.58. The molecule has 0 bridgehead atoms. The van der Waals surface area contributed by atoms with E-state index in [4.69, 9.17) is 23.2 Å². The van der Waals surface area contributed by atoms with Crippen LogP contribution in [0.3, 0.4) is 0 Å². The van der Waals surface area contributed by atoms with Gasteiger partial charge in [-0.05, 0) is 41.5 Å². The van der Waals surface area contributed by atoms with Crippen molar-refractivity contribution < 1.29 is 5.11 Å². The summed E-state index contributed by atoms with van der Waals surface area (Å²) in [5.41, 5.74) is 2.38. The second-order valence-electron chi connectivity index (χ2n) is 6.64. The van der Waals surface area contributed by atoms with Crippen molar-refractivity contribution in [1.29, 1.82) is 5.26 Å². The highest BCUT2D eigenvalue weighted by Gasteiger charge is 2.24. The second-order valence-corrected chi connectivity index (χ2v) is 7.43. The molecular weight excluding hydrogens is 419 g/mol. The number of benzene rings is 2. The normalized spacial score (nSPS) is 11.8. The van der Waals surface area contributed by atoms with Crippen molar-refractivity contribution in [3.8, 4) is 11.8 Å². The van der Waals surface area contributed by atoms with Crippen molar-refractivity contribution >= 4 is 39.9 Å². The van der Waals surface area contributed by atoms with Crippen LogP contribution in [0.4, 0.5) is 5.82 Å². The van der Waals surface area contributed by atoms with Gasteiger partial charge in [0.1, 0.15) is 17.1 Å². The van der Waals surface area contributed by atoms with Crippen molar-refractivity contribution in [2.24, 2.45) is 0 Å². The third-order valence-corrected chi connectivity index (χ3v) is 5.64. The van der Waals surface area contributed by atoms with E-state index < -0.39 is 6.04 Å². The SMILES string of the molecule is N#CCc1cc(C(Nc2ccccn2)c2cccc(Cl)c2Cl)c(O)c2ncccc12. The van der Waals surface area contributed by atoms with E-state index in [9.17, 15) is 10.4 Å². The van der Waals surface area contributed by atoms with Crippen LogP contribution in [-0.4, -0.2) is 15.1 Å². The molecule has 1 unspecified atom stereocenters. The van der Waals surface area contributed by atoms with Gasteiger partial charge in [0.15, 0.2) is 0 Å². The van der Waals surface area contributed by atoms with E-state index in [-0.39, 0.29) is 12.2 Å². The van der Waals surface area contributed by atoms with Gasteiger partial charge in [-0.15, -0.1) is 0 Å². The molecule has 0 saturated heterocycles. The summed E-state index contributed by atoms with van der Waals surface area (Å²) in [5, 5.41) is 25.3. The lowest BCUT2D eigenvalue weighted by molar-refractivity contribution is 0.471. The molecule has 0 amide bonds. The van der Waals surface area contributed by atoms with Crippen molar-refractivity contribution in [2.75, 3.05) is 5.32 Å². The van der Waals surface area contributed by atoms with Crippen LogP contribution in [0.5, 0.6) is 5.75 Å². The molecule has 30 heavy (non-hydrogen) atoms. The van der Waals surface area contributed by atoms with Gasteiger partial charge < -0.3 is 10.4 Å². The molecule has 5 nitrogen and oxygen atoms in total. The van der Waals surface area contributed by atoms with Gasteiger partial charge in [0.2, 0.25) is 0 Å². The van der Waals surface area contributed by atoms with Crippen molar-refractivity contribution in [3.05, 3.63) is 93.7 Å². The first kappa shape index (κ1) is 20.0. The average molecular weight is 435 g/mol. The fourth-order valence-electron chi connectivity index (χ4n) is 3.44. The Balaban J connectivity index is 1.97. The minimum absolute atomic E-state index is 0.0109. The fourth-order valence-corrected chi connectivity index (χ4v) is 3.85. The predicted molar refractivity (Wildman–Crippen MR) is 119 cm³/mol. The monoisotopic (exact) mass is 434 g/mol. The third-order valence-electron chi connectivity index (χ3n) is 4.81. The molecule has 1 atom stereocenters. The molecule has 4 aromatic rings. The molecule has 2 aromatic carbocycles. The summed E-state index contributed by atoms with van der Waals surface area (Å²) in [6.45, 7) is 0. The molecule has 0 radical (unpaired) electrons. The number of rotatable bonds is 5. The lowest BCUT2D eigenvalue weighted by Crippen LogP contribution is -2.15. The third kappa shape index (κ3) is 3.76. The van der Waals surface area contributed by atoms with Crippen molar-refractivity contribution in [1.82, 2.24) is 9.97 Å². The molecule has 0 aliphatic heterocycles. The Labute approximate surface area is 183 Å². The van der Waals surface area contributed by atoms with Gasteiger partial charge in [0, 0.05) is 23.3 Å². The van der Waals surface area contributed by atoms with E-state index in [1.807, 2.05) is 30.3 Å².